The summed E-state index contributed by atoms with van der Waals surface area (Å²) >= 11 is 0. The molecule has 0 aliphatic carbocycles. The van der Waals surface area contributed by atoms with E-state index in [-0.39, 0.29) is 11.8 Å². The van der Waals surface area contributed by atoms with Crippen LogP contribution >= 0.6 is 0 Å². The average molecular weight is 589 g/mol. The van der Waals surface area contributed by atoms with E-state index in [1.54, 1.807) is 25.3 Å². The summed E-state index contributed by atoms with van der Waals surface area (Å²) in [6, 6.07) is 18.6. The van der Waals surface area contributed by atoms with E-state index in [1.165, 1.54) is 0 Å². The molecule has 9 heteroatoms. The predicted octanol–water partition coefficient (Wildman–Crippen LogP) is 5.27. The molecule has 0 unspecified atom stereocenters. The summed E-state index contributed by atoms with van der Waals surface area (Å²) in [4.78, 5) is 29.9. The second kappa shape index (κ2) is 16.0. The van der Waals surface area contributed by atoms with Crippen molar-refractivity contribution in [2.45, 2.75) is 45.8 Å². The molecule has 4 rings (SSSR count). The van der Waals surface area contributed by atoms with E-state index in [0.29, 0.717) is 54.7 Å². The number of methoxy groups -OCH3 is 1. The number of rotatable bonds is 14. The molecule has 43 heavy (non-hydrogen) atoms. The van der Waals surface area contributed by atoms with Gasteiger partial charge in [0.25, 0.3) is 5.91 Å². The number of unbranched alkanes of at least 4 members (excludes halogenated alkanes) is 2. The number of amides is 2. The van der Waals surface area contributed by atoms with Crippen molar-refractivity contribution in [1.29, 1.82) is 0 Å². The fraction of sp³-hybridized carbons (Fsp3) is 0.412. The molecular weight excluding hydrogens is 544 g/mol. The standard InChI is InChI=1S/C34H44N4O5/c1-25-12-14-30(32(21-25)42-20-8-4-5-11-33(39)38-18-16-37(2)17-19-38)36-34(40)26-13-15-31(28(22-26)23-41-3)43-24-27-9-6-7-10-29(27)35/h6-7,9-10,12-15,21-22H,4-5,8,11,16-20,23-24,35H2,1-3H3,(H,36,40). The molecule has 230 valence electrons. The first-order chi connectivity index (χ1) is 20.8. The molecule has 3 aromatic rings. The van der Waals surface area contributed by atoms with Crippen LogP contribution in [0.4, 0.5) is 11.4 Å². The van der Waals surface area contributed by atoms with E-state index in [9.17, 15) is 9.59 Å². The van der Waals surface area contributed by atoms with Crippen molar-refractivity contribution in [3.05, 3.63) is 82.9 Å². The zero-order chi connectivity index (χ0) is 30.6. The molecule has 0 bridgehead atoms. The average Bonchev–Trinajstić information content (AvgIpc) is 3.00. The molecule has 3 aromatic carbocycles. The molecule has 1 fully saturated rings. The quantitative estimate of drug-likeness (QED) is 0.195. The van der Waals surface area contributed by atoms with Crippen molar-refractivity contribution < 1.29 is 23.8 Å². The van der Waals surface area contributed by atoms with Gasteiger partial charge in [0.15, 0.2) is 0 Å². The van der Waals surface area contributed by atoms with Crippen molar-refractivity contribution in [3.63, 3.8) is 0 Å². The van der Waals surface area contributed by atoms with Gasteiger partial charge in [0, 0.05) is 62.1 Å². The molecule has 1 heterocycles. The predicted molar refractivity (Wildman–Crippen MR) is 170 cm³/mol. The largest absolute Gasteiger partial charge is 0.491 e. The number of carbonyl (C=O) groups is 2. The van der Waals surface area contributed by atoms with Crippen LogP contribution in [-0.4, -0.2) is 68.6 Å². The number of benzene rings is 3. The lowest BCUT2D eigenvalue weighted by molar-refractivity contribution is -0.132. The number of nitrogen functional groups attached to an aromatic ring is 1. The van der Waals surface area contributed by atoms with E-state index in [0.717, 1.165) is 62.1 Å². The molecule has 9 nitrogen and oxygen atoms in total. The summed E-state index contributed by atoms with van der Waals surface area (Å²) in [7, 11) is 3.69. The lowest BCUT2D eigenvalue weighted by Gasteiger charge is -2.32. The highest BCUT2D eigenvalue weighted by molar-refractivity contribution is 6.05. The van der Waals surface area contributed by atoms with Gasteiger partial charge in [-0.1, -0.05) is 24.3 Å². The van der Waals surface area contributed by atoms with E-state index in [2.05, 4.69) is 17.3 Å². The number of hydrogen-bond acceptors (Lipinski definition) is 7. The summed E-state index contributed by atoms with van der Waals surface area (Å²) in [5.74, 6) is 1.24. The summed E-state index contributed by atoms with van der Waals surface area (Å²) in [5, 5.41) is 3.00. The Morgan fingerprint density at radius 1 is 0.860 bits per heavy atom. The molecule has 0 spiro atoms. The molecule has 2 amide bonds. The Labute approximate surface area is 254 Å². The van der Waals surface area contributed by atoms with E-state index in [4.69, 9.17) is 19.9 Å². The van der Waals surface area contributed by atoms with Crippen molar-refractivity contribution in [2.24, 2.45) is 0 Å². The van der Waals surface area contributed by atoms with Crippen LogP contribution < -0.4 is 20.5 Å². The van der Waals surface area contributed by atoms with Gasteiger partial charge in [-0.15, -0.1) is 0 Å². The van der Waals surface area contributed by atoms with Gasteiger partial charge in [-0.05, 0) is 75.2 Å². The number of nitrogens with zero attached hydrogens (tertiary/aromatic N) is 2. The second-order valence-electron chi connectivity index (χ2n) is 11.0. The number of para-hydroxylation sites is 1. The zero-order valence-corrected chi connectivity index (χ0v) is 25.6. The van der Waals surface area contributed by atoms with E-state index < -0.39 is 0 Å². The van der Waals surface area contributed by atoms with Crippen molar-refractivity contribution in [3.8, 4) is 11.5 Å². The first kappa shape index (κ1) is 31.8. The third kappa shape index (κ3) is 9.46. The molecule has 0 saturated carbocycles. The van der Waals surface area contributed by atoms with Gasteiger partial charge in [-0.3, -0.25) is 9.59 Å². The normalized spacial score (nSPS) is 13.5. The van der Waals surface area contributed by atoms with Gasteiger partial charge in [-0.2, -0.15) is 0 Å². The molecule has 0 radical (unpaired) electrons. The van der Waals surface area contributed by atoms with Gasteiger partial charge in [0.05, 0.1) is 18.9 Å². The van der Waals surface area contributed by atoms with Crippen molar-refractivity contribution in [1.82, 2.24) is 9.80 Å². The Morgan fingerprint density at radius 2 is 1.65 bits per heavy atom. The van der Waals surface area contributed by atoms with Gasteiger partial charge >= 0.3 is 0 Å². The van der Waals surface area contributed by atoms with Crippen LogP contribution in [0.5, 0.6) is 11.5 Å². The summed E-state index contributed by atoms with van der Waals surface area (Å²) in [5.41, 5.74) is 10.5. The fourth-order valence-electron chi connectivity index (χ4n) is 4.95. The number of anilines is 2. The Morgan fingerprint density at radius 3 is 2.42 bits per heavy atom. The lowest BCUT2D eigenvalue weighted by Crippen LogP contribution is -2.47. The number of ether oxygens (including phenoxy) is 3. The number of hydrogen-bond donors (Lipinski definition) is 2. The molecule has 0 atom stereocenters. The maximum atomic E-state index is 13.3. The lowest BCUT2D eigenvalue weighted by atomic mass is 10.1. The second-order valence-corrected chi connectivity index (χ2v) is 11.0. The number of carbonyl (C=O) groups excluding carboxylic acids is 2. The van der Waals surface area contributed by atoms with Crippen molar-refractivity contribution in [2.75, 3.05) is 58.0 Å². The Bertz CT molecular complexity index is 1370. The minimum absolute atomic E-state index is 0.242. The van der Waals surface area contributed by atoms with Crippen LogP contribution in [0.1, 0.15) is 52.7 Å². The Kier molecular flexibility index (Phi) is 11.8. The Balaban J connectivity index is 1.30. The number of likely N-dealkylation sites (N-methyl/N-ethyl adjacent to an activating group) is 1. The van der Waals surface area contributed by atoms with Gasteiger partial charge < -0.3 is 35.1 Å². The van der Waals surface area contributed by atoms with Crippen LogP contribution in [0.15, 0.2) is 60.7 Å². The third-order valence-electron chi connectivity index (χ3n) is 7.59. The number of nitrogens with one attached hydrogen (secondary N) is 1. The minimum Gasteiger partial charge on any atom is -0.491 e. The topological polar surface area (TPSA) is 106 Å². The molecule has 1 aliphatic heterocycles. The SMILES string of the molecule is COCc1cc(C(=O)Nc2ccc(C)cc2OCCCCCC(=O)N2CCN(C)CC2)ccc1OCc1ccccc1N. The van der Waals surface area contributed by atoms with E-state index in [1.807, 2.05) is 54.3 Å². The number of piperazine rings is 1. The highest BCUT2D eigenvalue weighted by Crippen LogP contribution is 2.28. The third-order valence-corrected chi connectivity index (χ3v) is 7.59. The van der Waals surface area contributed by atoms with Crippen LogP contribution in [0.2, 0.25) is 0 Å². The van der Waals surface area contributed by atoms with Crippen LogP contribution in [-0.2, 0) is 22.7 Å². The maximum Gasteiger partial charge on any atom is 0.255 e. The molecule has 1 aliphatic rings. The summed E-state index contributed by atoms with van der Waals surface area (Å²) < 4.78 is 17.5. The summed E-state index contributed by atoms with van der Waals surface area (Å²) in [6.07, 6.45) is 3.15. The van der Waals surface area contributed by atoms with Gasteiger partial charge in [0.2, 0.25) is 5.91 Å². The molecule has 3 N–H and O–H groups in total. The highest BCUT2D eigenvalue weighted by Gasteiger charge is 2.18. The smallest absolute Gasteiger partial charge is 0.255 e. The van der Waals surface area contributed by atoms with Crippen LogP contribution in [0.25, 0.3) is 0 Å². The minimum atomic E-state index is -0.257. The monoisotopic (exact) mass is 588 g/mol. The van der Waals surface area contributed by atoms with Gasteiger partial charge in [-0.25, -0.2) is 0 Å². The number of nitrogens with two attached hydrogens (primary N) is 1. The van der Waals surface area contributed by atoms with E-state index >= 15 is 0 Å². The molecular formula is C34H44N4O5. The van der Waals surface area contributed by atoms with Crippen LogP contribution in [0, 0.1) is 6.92 Å². The van der Waals surface area contributed by atoms with Crippen LogP contribution in [0.3, 0.4) is 0 Å². The molecule has 1 saturated heterocycles. The Hall–Kier alpha value is -4.08. The molecule has 0 aromatic heterocycles. The first-order valence-electron chi connectivity index (χ1n) is 14.9. The van der Waals surface area contributed by atoms with Crippen molar-refractivity contribution >= 4 is 23.2 Å². The zero-order valence-electron chi connectivity index (χ0n) is 25.6. The van der Waals surface area contributed by atoms with Gasteiger partial charge in [0.1, 0.15) is 18.1 Å². The first-order valence-corrected chi connectivity index (χ1v) is 14.9. The number of aryl methyl sites for hydroxylation is 1. The fourth-order valence-corrected chi connectivity index (χ4v) is 4.95. The highest BCUT2D eigenvalue weighted by atomic mass is 16.5. The maximum absolute atomic E-state index is 13.3. The summed E-state index contributed by atoms with van der Waals surface area (Å²) in [6.45, 7) is 6.60.